The molecular weight excluding hydrogens is 520 g/mol. The van der Waals surface area contributed by atoms with Crippen molar-refractivity contribution >= 4 is 55.0 Å². The lowest BCUT2D eigenvalue weighted by molar-refractivity contribution is 0.0726. The van der Waals surface area contributed by atoms with Crippen LogP contribution < -0.4 is 9.47 Å². The molecule has 0 aliphatic heterocycles. The lowest BCUT2D eigenvalue weighted by Crippen LogP contribution is -2.12. The SMILES string of the molecule is CCc1cccc2c(OC(=O)c3ccc4ccccc4c3)c3ccccc3c(OC(=O)c3ccc4ccccc4c3)c12. The molecular formula is C38H26O4. The first-order chi connectivity index (χ1) is 20.6. The van der Waals surface area contributed by atoms with Crippen LogP contribution in [0.4, 0.5) is 0 Å². The fourth-order valence-electron chi connectivity index (χ4n) is 5.66. The molecule has 0 atom stereocenters. The maximum absolute atomic E-state index is 13.6. The van der Waals surface area contributed by atoms with E-state index in [1.54, 1.807) is 12.1 Å². The Hall–Kier alpha value is -5.48. The van der Waals surface area contributed by atoms with Gasteiger partial charge < -0.3 is 9.47 Å². The van der Waals surface area contributed by atoms with Gasteiger partial charge in [0.15, 0.2) is 0 Å². The molecule has 0 aliphatic carbocycles. The van der Waals surface area contributed by atoms with Crippen LogP contribution in [0, 0.1) is 0 Å². The van der Waals surface area contributed by atoms with Gasteiger partial charge in [0, 0.05) is 21.5 Å². The summed E-state index contributed by atoms with van der Waals surface area (Å²) in [6, 6.07) is 40.4. The number of esters is 2. The van der Waals surface area contributed by atoms with Crippen molar-refractivity contribution in [3.63, 3.8) is 0 Å². The van der Waals surface area contributed by atoms with Crippen molar-refractivity contribution in [3.05, 3.63) is 144 Å². The average molecular weight is 547 g/mol. The number of ether oxygens (including phenoxy) is 2. The average Bonchev–Trinajstić information content (AvgIpc) is 3.05. The molecule has 4 nitrogen and oxygen atoms in total. The Morgan fingerprint density at radius 3 is 1.55 bits per heavy atom. The quantitative estimate of drug-likeness (QED) is 0.123. The summed E-state index contributed by atoms with van der Waals surface area (Å²) in [6.07, 6.45) is 0.703. The molecule has 42 heavy (non-hydrogen) atoms. The second kappa shape index (κ2) is 10.5. The topological polar surface area (TPSA) is 52.6 Å². The van der Waals surface area contributed by atoms with Crippen LogP contribution in [-0.2, 0) is 6.42 Å². The molecule has 0 bridgehead atoms. The van der Waals surface area contributed by atoms with Crippen LogP contribution in [0.3, 0.4) is 0 Å². The summed E-state index contributed by atoms with van der Waals surface area (Å²) in [7, 11) is 0. The number of carbonyl (C=O) groups excluding carboxylic acids is 2. The van der Waals surface area contributed by atoms with Gasteiger partial charge in [-0.2, -0.15) is 0 Å². The van der Waals surface area contributed by atoms with Crippen molar-refractivity contribution in [1.82, 2.24) is 0 Å². The number of fused-ring (bicyclic) bond motifs is 4. The summed E-state index contributed by atoms with van der Waals surface area (Å²) in [5.41, 5.74) is 1.92. The van der Waals surface area contributed by atoms with E-state index in [0.29, 0.717) is 45.2 Å². The molecule has 0 amide bonds. The maximum Gasteiger partial charge on any atom is 0.343 e. The molecule has 0 radical (unpaired) electrons. The first kappa shape index (κ1) is 25.5. The zero-order chi connectivity index (χ0) is 28.6. The van der Waals surface area contributed by atoms with E-state index in [1.807, 2.05) is 115 Å². The Bertz CT molecular complexity index is 2180. The highest BCUT2D eigenvalue weighted by atomic mass is 16.5. The summed E-state index contributed by atoms with van der Waals surface area (Å²) >= 11 is 0. The van der Waals surface area contributed by atoms with Gasteiger partial charge in [-0.05, 0) is 57.8 Å². The Morgan fingerprint density at radius 1 is 0.500 bits per heavy atom. The predicted molar refractivity (Wildman–Crippen MR) is 169 cm³/mol. The monoisotopic (exact) mass is 546 g/mol. The zero-order valence-electron chi connectivity index (χ0n) is 23.0. The largest absolute Gasteiger partial charge is 0.422 e. The third-order valence-electron chi connectivity index (χ3n) is 7.78. The number of rotatable bonds is 5. The van der Waals surface area contributed by atoms with Crippen LogP contribution in [0.1, 0.15) is 33.2 Å². The number of hydrogen-bond donors (Lipinski definition) is 0. The van der Waals surface area contributed by atoms with Crippen LogP contribution in [0.15, 0.2) is 127 Å². The van der Waals surface area contributed by atoms with E-state index in [2.05, 4.69) is 6.92 Å². The highest BCUT2D eigenvalue weighted by Gasteiger charge is 2.23. The highest BCUT2D eigenvalue weighted by molar-refractivity contribution is 6.15. The second-order valence-corrected chi connectivity index (χ2v) is 10.3. The molecule has 0 fully saturated rings. The van der Waals surface area contributed by atoms with E-state index in [9.17, 15) is 9.59 Å². The van der Waals surface area contributed by atoms with Crippen molar-refractivity contribution in [1.29, 1.82) is 0 Å². The number of aryl methyl sites for hydroxylation is 1. The first-order valence-electron chi connectivity index (χ1n) is 14.0. The van der Waals surface area contributed by atoms with Crippen molar-refractivity contribution in [3.8, 4) is 11.5 Å². The third-order valence-corrected chi connectivity index (χ3v) is 7.78. The van der Waals surface area contributed by atoms with Gasteiger partial charge in [-0.25, -0.2) is 9.59 Å². The van der Waals surface area contributed by atoms with Crippen LogP contribution in [-0.4, -0.2) is 11.9 Å². The normalized spacial score (nSPS) is 11.3. The van der Waals surface area contributed by atoms with E-state index < -0.39 is 11.9 Å². The standard InChI is InChI=1S/C38H26O4/c1-2-24-14-9-17-33-34(24)36(42-38(40)30-21-19-26-11-4-6-13-28(26)23-30)32-16-8-7-15-31(32)35(33)41-37(39)29-20-18-25-10-3-5-12-27(25)22-29/h3-23H,2H2,1H3. The van der Waals surface area contributed by atoms with E-state index >= 15 is 0 Å². The van der Waals surface area contributed by atoms with Gasteiger partial charge in [0.25, 0.3) is 0 Å². The number of hydrogen-bond acceptors (Lipinski definition) is 4. The summed E-state index contributed by atoms with van der Waals surface area (Å²) in [5, 5.41) is 6.89. The van der Waals surface area contributed by atoms with Crippen molar-refractivity contribution in [2.45, 2.75) is 13.3 Å². The van der Waals surface area contributed by atoms with E-state index in [4.69, 9.17) is 9.47 Å². The minimum atomic E-state index is -0.449. The molecule has 0 saturated heterocycles. The first-order valence-corrected chi connectivity index (χ1v) is 14.0. The molecule has 0 saturated carbocycles. The van der Waals surface area contributed by atoms with Crippen molar-refractivity contribution in [2.24, 2.45) is 0 Å². The minimum Gasteiger partial charge on any atom is -0.422 e. The van der Waals surface area contributed by atoms with E-state index in [0.717, 1.165) is 32.5 Å². The van der Waals surface area contributed by atoms with Gasteiger partial charge in [-0.15, -0.1) is 0 Å². The fourth-order valence-corrected chi connectivity index (χ4v) is 5.66. The highest BCUT2D eigenvalue weighted by Crippen LogP contribution is 2.45. The molecule has 0 N–H and O–H groups in total. The summed E-state index contributed by atoms with van der Waals surface area (Å²) in [6.45, 7) is 2.06. The smallest absolute Gasteiger partial charge is 0.343 e. The van der Waals surface area contributed by atoms with Gasteiger partial charge in [-0.1, -0.05) is 110 Å². The molecule has 7 aromatic carbocycles. The maximum atomic E-state index is 13.6. The van der Waals surface area contributed by atoms with Gasteiger partial charge in [-0.3, -0.25) is 0 Å². The van der Waals surface area contributed by atoms with Crippen molar-refractivity contribution < 1.29 is 19.1 Å². The molecule has 202 valence electrons. The molecule has 0 aliphatic rings. The molecule has 7 rings (SSSR count). The van der Waals surface area contributed by atoms with Crippen LogP contribution in [0.2, 0.25) is 0 Å². The fraction of sp³-hybridized carbons (Fsp3) is 0.0526. The zero-order valence-corrected chi connectivity index (χ0v) is 23.0. The summed E-state index contributed by atoms with van der Waals surface area (Å²) < 4.78 is 12.4. The third kappa shape index (κ3) is 4.43. The van der Waals surface area contributed by atoms with E-state index in [1.165, 1.54) is 0 Å². The van der Waals surface area contributed by atoms with Crippen LogP contribution in [0.5, 0.6) is 11.5 Å². The van der Waals surface area contributed by atoms with Crippen LogP contribution in [0.25, 0.3) is 43.1 Å². The lowest BCUT2D eigenvalue weighted by Gasteiger charge is -2.18. The Kier molecular flexibility index (Phi) is 6.37. The molecule has 0 heterocycles. The van der Waals surface area contributed by atoms with Gasteiger partial charge in [0.2, 0.25) is 0 Å². The lowest BCUT2D eigenvalue weighted by atomic mass is 9.95. The molecule has 4 heteroatoms. The Labute approximate surface area is 242 Å². The number of carbonyl (C=O) groups is 2. The molecule has 0 spiro atoms. The van der Waals surface area contributed by atoms with Crippen molar-refractivity contribution in [2.75, 3.05) is 0 Å². The Morgan fingerprint density at radius 2 is 0.976 bits per heavy atom. The molecule has 0 aromatic heterocycles. The minimum absolute atomic E-state index is 0.444. The predicted octanol–water partition coefficient (Wildman–Crippen LogP) is 9.30. The van der Waals surface area contributed by atoms with Gasteiger partial charge in [0.05, 0.1) is 11.1 Å². The van der Waals surface area contributed by atoms with E-state index in [-0.39, 0.29) is 0 Å². The van der Waals surface area contributed by atoms with Gasteiger partial charge >= 0.3 is 11.9 Å². The summed E-state index contributed by atoms with van der Waals surface area (Å²) in [5.74, 6) is 0.00955. The Balaban J connectivity index is 1.37. The van der Waals surface area contributed by atoms with Gasteiger partial charge in [0.1, 0.15) is 11.5 Å². The van der Waals surface area contributed by atoms with Crippen LogP contribution >= 0.6 is 0 Å². The molecule has 7 aromatic rings. The summed E-state index contributed by atoms with van der Waals surface area (Å²) in [4.78, 5) is 27.1. The number of benzene rings is 7. The molecule has 0 unspecified atom stereocenters. The second-order valence-electron chi connectivity index (χ2n) is 10.3.